The van der Waals surface area contributed by atoms with Crippen LogP contribution in [0.1, 0.15) is 5.56 Å². The number of benzene rings is 1. The third kappa shape index (κ3) is 2.78. The van der Waals surface area contributed by atoms with Crippen LogP contribution < -0.4 is 0 Å². The minimum Gasteiger partial charge on any atom is -0.288 e. The molecule has 0 fully saturated rings. The van der Waals surface area contributed by atoms with Crippen molar-refractivity contribution in [2.45, 2.75) is 10.2 Å². The molecule has 0 radical (unpaired) electrons. The summed E-state index contributed by atoms with van der Waals surface area (Å²) in [6.07, 6.45) is 0. The molecule has 0 aliphatic rings. The molecule has 0 aliphatic carbocycles. The number of sulfonamides is 1. The second-order valence-electron chi connectivity index (χ2n) is 2.87. The van der Waals surface area contributed by atoms with Gasteiger partial charge in [-0.2, -0.15) is 0 Å². The highest BCUT2D eigenvalue weighted by molar-refractivity contribution is 9.08. The molecular weight excluding hydrogens is 282 g/mol. The van der Waals surface area contributed by atoms with E-state index in [1.807, 2.05) is 0 Å². The molecule has 0 heterocycles. The van der Waals surface area contributed by atoms with Gasteiger partial charge in [0.25, 0.3) is 10.0 Å². The van der Waals surface area contributed by atoms with Crippen molar-refractivity contribution < 1.29 is 13.3 Å². The van der Waals surface area contributed by atoms with Gasteiger partial charge in [0.15, 0.2) is 0 Å². The first-order chi connectivity index (χ1) is 7.02. The van der Waals surface area contributed by atoms with E-state index in [1.54, 1.807) is 24.3 Å². The van der Waals surface area contributed by atoms with Crippen molar-refractivity contribution in [3.05, 3.63) is 29.8 Å². The van der Waals surface area contributed by atoms with Crippen molar-refractivity contribution in [2.75, 3.05) is 14.2 Å². The fourth-order valence-corrected chi connectivity index (χ4v) is 2.34. The predicted octanol–water partition coefficient (Wildman–Crippen LogP) is 1.76. The molecule has 4 nitrogen and oxygen atoms in total. The van der Waals surface area contributed by atoms with Gasteiger partial charge in [0, 0.05) is 12.4 Å². The van der Waals surface area contributed by atoms with E-state index in [4.69, 9.17) is 0 Å². The molecule has 1 rings (SSSR count). The van der Waals surface area contributed by atoms with Gasteiger partial charge < -0.3 is 0 Å². The van der Waals surface area contributed by atoms with Crippen LogP contribution in [0.15, 0.2) is 29.2 Å². The average molecular weight is 294 g/mol. The first-order valence-corrected chi connectivity index (χ1v) is 6.76. The summed E-state index contributed by atoms with van der Waals surface area (Å²) in [6, 6.07) is 6.62. The lowest BCUT2D eigenvalue weighted by Crippen LogP contribution is -2.25. The highest BCUT2D eigenvalue weighted by Crippen LogP contribution is 2.16. The van der Waals surface area contributed by atoms with E-state index in [9.17, 15) is 8.42 Å². The van der Waals surface area contributed by atoms with Crippen molar-refractivity contribution in [3.63, 3.8) is 0 Å². The molecule has 0 aliphatic heterocycles. The minimum atomic E-state index is -3.52. The Hall–Kier alpha value is -0.430. The van der Waals surface area contributed by atoms with Crippen molar-refractivity contribution in [3.8, 4) is 0 Å². The maximum absolute atomic E-state index is 11.8. The van der Waals surface area contributed by atoms with E-state index in [0.717, 1.165) is 10.0 Å². The average Bonchev–Trinajstić information content (AvgIpc) is 2.28. The summed E-state index contributed by atoms with van der Waals surface area (Å²) >= 11 is 3.29. The number of halogens is 1. The summed E-state index contributed by atoms with van der Waals surface area (Å²) in [7, 11) is -0.853. The lowest BCUT2D eigenvalue weighted by molar-refractivity contribution is -0.0258. The van der Waals surface area contributed by atoms with Crippen LogP contribution in [0.25, 0.3) is 0 Å². The van der Waals surface area contributed by atoms with Gasteiger partial charge >= 0.3 is 0 Å². The molecule has 0 atom stereocenters. The fraction of sp³-hybridized carbons (Fsp3) is 0.333. The second kappa shape index (κ2) is 5.07. The van der Waals surface area contributed by atoms with Crippen molar-refractivity contribution in [1.82, 2.24) is 4.47 Å². The van der Waals surface area contributed by atoms with Gasteiger partial charge in [0.1, 0.15) is 0 Å². The van der Waals surface area contributed by atoms with E-state index in [1.165, 1.54) is 14.2 Å². The number of nitrogens with zero attached hydrogens (tertiary/aromatic N) is 1. The highest BCUT2D eigenvalue weighted by Gasteiger charge is 2.20. The summed E-state index contributed by atoms with van der Waals surface area (Å²) in [4.78, 5) is 4.88. The summed E-state index contributed by atoms with van der Waals surface area (Å²) < 4.78 is 24.3. The third-order valence-electron chi connectivity index (χ3n) is 1.97. The molecule has 0 N–H and O–H groups in total. The second-order valence-corrected chi connectivity index (χ2v) is 5.37. The topological polar surface area (TPSA) is 46.6 Å². The molecule has 1 aromatic rings. The molecular formula is C9H12BrNO3S. The first-order valence-electron chi connectivity index (χ1n) is 4.20. The zero-order valence-corrected chi connectivity index (χ0v) is 10.9. The molecule has 84 valence electrons. The first kappa shape index (κ1) is 12.6. The van der Waals surface area contributed by atoms with Gasteiger partial charge in [0.05, 0.1) is 12.0 Å². The van der Waals surface area contributed by atoms with Crippen LogP contribution in [-0.4, -0.2) is 27.0 Å². The van der Waals surface area contributed by atoms with Crippen LogP contribution in [0, 0.1) is 0 Å². The number of hydrogen-bond donors (Lipinski definition) is 0. The fourth-order valence-electron chi connectivity index (χ4n) is 0.997. The standard InChI is InChI=1S/C9H12BrNO3S/c1-11(14-2)15(12,13)9-5-3-8(7-10)4-6-9/h3-6H,7H2,1-2H3. The van der Waals surface area contributed by atoms with Crippen molar-refractivity contribution in [2.24, 2.45) is 0 Å². The highest BCUT2D eigenvalue weighted by atomic mass is 79.9. The SMILES string of the molecule is CON(C)S(=O)(=O)c1ccc(CBr)cc1. The number of alkyl halides is 1. The number of rotatable bonds is 4. The van der Waals surface area contributed by atoms with Crippen LogP contribution in [0.4, 0.5) is 0 Å². The van der Waals surface area contributed by atoms with Crippen molar-refractivity contribution >= 4 is 26.0 Å². The quantitative estimate of drug-likeness (QED) is 0.628. The van der Waals surface area contributed by atoms with E-state index >= 15 is 0 Å². The summed E-state index contributed by atoms with van der Waals surface area (Å²) in [5, 5.41) is 0.702. The Bertz CT molecular complexity index is 415. The van der Waals surface area contributed by atoms with Crippen LogP contribution in [0.3, 0.4) is 0 Å². The Balaban J connectivity index is 3.06. The number of hydrogen-bond acceptors (Lipinski definition) is 3. The molecule has 0 amide bonds. The monoisotopic (exact) mass is 293 g/mol. The third-order valence-corrected chi connectivity index (χ3v) is 4.31. The summed E-state index contributed by atoms with van der Waals surface area (Å²) in [5.41, 5.74) is 1.02. The maximum Gasteiger partial charge on any atom is 0.264 e. The Morgan fingerprint density at radius 3 is 2.27 bits per heavy atom. The molecule has 15 heavy (non-hydrogen) atoms. The van der Waals surface area contributed by atoms with E-state index < -0.39 is 10.0 Å². The molecule has 0 bridgehead atoms. The summed E-state index contributed by atoms with van der Waals surface area (Å²) in [6.45, 7) is 0. The van der Waals surface area contributed by atoms with Crippen LogP contribution in [0.5, 0.6) is 0 Å². The Labute approximate surface area is 98.0 Å². The van der Waals surface area contributed by atoms with Gasteiger partial charge in [-0.25, -0.2) is 8.42 Å². The predicted molar refractivity (Wildman–Crippen MR) is 61.0 cm³/mol. The van der Waals surface area contributed by atoms with E-state index in [0.29, 0.717) is 5.33 Å². The lowest BCUT2D eigenvalue weighted by Gasteiger charge is -2.13. The number of hydroxylamine groups is 1. The molecule has 1 aromatic carbocycles. The van der Waals surface area contributed by atoms with Crippen LogP contribution in [0.2, 0.25) is 0 Å². The molecule has 0 aromatic heterocycles. The van der Waals surface area contributed by atoms with Crippen LogP contribution in [-0.2, 0) is 20.2 Å². The Morgan fingerprint density at radius 1 is 1.33 bits per heavy atom. The lowest BCUT2D eigenvalue weighted by atomic mass is 10.2. The normalized spacial score (nSPS) is 12.0. The van der Waals surface area contributed by atoms with Gasteiger partial charge in [0.2, 0.25) is 0 Å². The van der Waals surface area contributed by atoms with Crippen molar-refractivity contribution in [1.29, 1.82) is 0 Å². The van der Waals surface area contributed by atoms with Gasteiger partial charge in [-0.3, -0.25) is 4.84 Å². The van der Waals surface area contributed by atoms with Gasteiger partial charge in [-0.1, -0.05) is 32.5 Å². The van der Waals surface area contributed by atoms with Crippen LogP contribution >= 0.6 is 15.9 Å². The molecule has 0 spiro atoms. The molecule has 0 saturated carbocycles. The molecule has 0 saturated heterocycles. The van der Waals surface area contributed by atoms with E-state index in [2.05, 4.69) is 20.8 Å². The Kier molecular flexibility index (Phi) is 4.27. The Morgan fingerprint density at radius 2 is 1.87 bits per heavy atom. The molecule has 0 unspecified atom stereocenters. The van der Waals surface area contributed by atoms with Gasteiger partial charge in [-0.05, 0) is 17.7 Å². The largest absolute Gasteiger partial charge is 0.288 e. The zero-order chi connectivity index (χ0) is 11.5. The van der Waals surface area contributed by atoms with E-state index in [-0.39, 0.29) is 4.90 Å². The van der Waals surface area contributed by atoms with Gasteiger partial charge in [-0.15, -0.1) is 0 Å². The smallest absolute Gasteiger partial charge is 0.264 e. The minimum absolute atomic E-state index is 0.219. The zero-order valence-electron chi connectivity index (χ0n) is 8.47. The maximum atomic E-state index is 11.8. The molecule has 6 heteroatoms. The summed E-state index contributed by atoms with van der Waals surface area (Å²) in [5.74, 6) is 0.